The molecule has 2 rings (SSSR count). The van der Waals surface area contributed by atoms with Crippen LogP contribution in [-0.2, 0) is 4.79 Å². The lowest BCUT2D eigenvalue weighted by Crippen LogP contribution is -2.54. The van der Waals surface area contributed by atoms with Crippen LogP contribution in [-0.4, -0.2) is 48.6 Å². The Labute approximate surface area is 126 Å². The van der Waals surface area contributed by atoms with Crippen LogP contribution >= 0.6 is 0 Å². The summed E-state index contributed by atoms with van der Waals surface area (Å²) in [7, 11) is 0. The lowest BCUT2D eigenvalue weighted by atomic mass is 9.86. The van der Waals surface area contributed by atoms with Crippen molar-refractivity contribution in [1.82, 2.24) is 4.90 Å². The quantitative estimate of drug-likeness (QED) is 0.880. The standard InChI is InChI=1S/C16H25N3O2/c1-3-16(2,12-17)15(21)19-10-8-18(9-11-19)13-6-4-5-7-14(13)20/h4-7,20H,3,8-12,17H2,1-2H3. The Hall–Kier alpha value is -1.75. The largest absolute Gasteiger partial charge is 0.506 e. The van der Waals surface area contributed by atoms with Crippen LogP contribution < -0.4 is 10.6 Å². The highest BCUT2D eigenvalue weighted by Gasteiger charge is 2.35. The van der Waals surface area contributed by atoms with Gasteiger partial charge in [-0.05, 0) is 25.5 Å². The number of aromatic hydroxyl groups is 1. The molecule has 1 saturated heterocycles. The van der Waals surface area contributed by atoms with E-state index in [1.165, 1.54) is 0 Å². The van der Waals surface area contributed by atoms with Gasteiger partial charge in [0, 0.05) is 32.7 Å². The molecule has 5 nitrogen and oxygen atoms in total. The molecule has 0 aromatic heterocycles. The number of phenolic OH excluding ortho intramolecular Hbond substituents is 1. The summed E-state index contributed by atoms with van der Waals surface area (Å²) in [5.74, 6) is 0.432. The third kappa shape index (κ3) is 3.13. The number of nitrogens with two attached hydrogens (primary N) is 1. The van der Waals surface area contributed by atoms with Gasteiger partial charge in [0.05, 0.1) is 11.1 Å². The number of amides is 1. The topological polar surface area (TPSA) is 69.8 Å². The first-order valence-electron chi connectivity index (χ1n) is 7.54. The molecular weight excluding hydrogens is 266 g/mol. The summed E-state index contributed by atoms with van der Waals surface area (Å²) in [5, 5.41) is 9.90. The normalized spacial score (nSPS) is 18.4. The van der Waals surface area contributed by atoms with Crippen molar-refractivity contribution in [2.45, 2.75) is 20.3 Å². The van der Waals surface area contributed by atoms with Crippen molar-refractivity contribution in [3.05, 3.63) is 24.3 Å². The smallest absolute Gasteiger partial charge is 0.229 e. The van der Waals surface area contributed by atoms with Crippen molar-refractivity contribution in [1.29, 1.82) is 0 Å². The van der Waals surface area contributed by atoms with E-state index in [0.717, 1.165) is 25.2 Å². The molecule has 3 N–H and O–H groups in total. The second-order valence-electron chi connectivity index (χ2n) is 5.89. The molecule has 0 radical (unpaired) electrons. The third-order valence-electron chi connectivity index (χ3n) is 4.54. The molecule has 1 heterocycles. The van der Waals surface area contributed by atoms with E-state index in [9.17, 15) is 9.90 Å². The van der Waals surface area contributed by atoms with Gasteiger partial charge in [-0.25, -0.2) is 0 Å². The fourth-order valence-corrected chi connectivity index (χ4v) is 2.65. The molecule has 0 bridgehead atoms. The van der Waals surface area contributed by atoms with Crippen molar-refractivity contribution in [2.75, 3.05) is 37.6 Å². The van der Waals surface area contributed by atoms with E-state index < -0.39 is 5.41 Å². The average molecular weight is 291 g/mol. The molecule has 21 heavy (non-hydrogen) atoms. The minimum Gasteiger partial charge on any atom is -0.506 e. The van der Waals surface area contributed by atoms with Crippen LogP contribution in [0.3, 0.4) is 0 Å². The lowest BCUT2D eigenvalue weighted by Gasteiger charge is -2.40. The molecule has 0 saturated carbocycles. The minimum absolute atomic E-state index is 0.143. The summed E-state index contributed by atoms with van der Waals surface area (Å²) in [6, 6.07) is 7.32. The predicted molar refractivity (Wildman–Crippen MR) is 84.4 cm³/mol. The summed E-state index contributed by atoms with van der Waals surface area (Å²) in [4.78, 5) is 16.6. The van der Waals surface area contributed by atoms with E-state index in [1.54, 1.807) is 6.07 Å². The maximum atomic E-state index is 12.6. The zero-order valence-electron chi connectivity index (χ0n) is 12.9. The predicted octanol–water partition coefficient (Wildman–Crippen LogP) is 1.42. The van der Waals surface area contributed by atoms with Crippen molar-refractivity contribution < 1.29 is 9.90 Å². The molecule has 1 aliphatic heterocycles. The molecule has 1 fully saturated rings. The van der Waals surface area contributed by atoms with Crippen LogP contribution in [0.15, 0.2) is 24.3 Å². The summed E-state index contributed by atoms with van der Waals surface area (Å²) >= 11 is 0. The zero-order valence-corrected chi connectivity index (χ0v) is 12.9. The number of piperazine rings is 1. The Balaban J connectivity index is 2.01. The molecule has 1 aromatic carbocycles. The van der Waals surface area contributed by atoms with Crippen LogP contribution in [0.25, 0.3) is 0 Å². The monoisotopic (exact) mass is 291 g/mol. The first-order valence-corrected chi connectivity index (χ1v) is 7.54. The fraction of sp³-hybridized carbons (Fsp3) is 0.562. The Morgan fingerprint density at radius 2 is 1.90 bits per heavy atom. The van der Waals surface area contributed by atoms with Gasteiger partial charge in [-0.1, -0.05) is 19.1 Å². The van der Waals surface area contributed by atoms with Crippen molar-refractivity contribution in [2.24, 2.45) is 11.1 Å². The molecule has 1 amide bonds. The number of anilines is 1. The first-order chi connectivity index (χ1) is 10.0. The number of nitrogens with zero attached hydrogens (tertiary/aromatic N) is 2. The number of hydrogen-bond acceptors (Lipinski definition) is 4. The van der Waals surface area contributed by atoms with Gasteiger partial charge in [0.25, 0.3) is 0 Å². The van der Waals surface area contributed by atoms with E-state index in [2.05, 4.69) is 4.90 Å². The second kappa shape index (κ2) is 6.35. The third-order valence-corrected chi connectivity index (χ3v) is 4.54. The second-order valence-corrected chi connectivity index (χ2v) is 5.89. The van der Waals surface area contributed by atoms with Gasteiger partial charge in [0.15, 0.2) is 0 Å². The van der Waals surface area contributed by atoms with E-state index >= 15 is 0 Å². The fourth-order valence-electron chi connectivity index (χ4n) is 2.65. The maximum Gasteiger partial charge on any atom is 0.229 e. The molecule has 116 valence electrons. The molecule has 0 aliphatic carbocycles. The Bertz CT molecular complexity index is 492. The molecule has 1 aliphatic rings. The SMILES string of the molecule is CCC(C)(CN)C(=O)N1CCN(c2ccccc2O)CC1. The summed E-state index contributed by atoms with van der Waals surface area (Å²) < 4.78 is 0. The molecule has 1 aromatic rings. The number of carbonyl (C=O) groups excluding carboxylic acids is 1. The molecule has 1 atom stereocenters. The van der Waals surface area contributed by atoms with Gasteiger partial charge in [-0.15, -0.1) is 0 Å². The van der Waals surface area contributed by atoms with Gasteiger partial charge in [-0.2, -0.15) is 0 Å². The first kappa shape index (κ1) is 15.6. The average Bonchev–Trinajstić information content (AvgIpc) is 2.54. The number of carbonyl (C=O) groups is 1. The van der Waals surface area contributed by atoms with E-state index in [-0.39, 0.29) is 11.7 Å². The van der Waals surface area contributed by atoms with Gasteiger partial charge < -0.3 is 20.6 Å². The summed E-state index contributed by atoms with van der Waals surface area (Å²) in [5.41, 5.74) is 6.15. The van der Waals surface area contributed by atoms with Crippen LogP contribution in [0.4, 0.5) is 5.69 Å². The molecular formula is C16H25N3O2. The minimum atomic E-state index is -0.461. The number of para-hydroxylation sites is 2. The van der Waals surface area contributed by atoms with Gasteiger partial charge >= 0.3 is 0 Å². The highest BCUT2D eigenvalue weighted by Crippen LogP contribution is 2.28. The zero-order chi connectivity index (χ0) is 15.5. The van der Waals surface area contributed by atoms with Crippen molar-refractivity contribution in [3.63, 3.8) is 0 Å². The number of benzene rings is 1. The summed E-state index contributed by atoms with van der Waals surface area (Å²) in [6.45, 7) is 7.11. The molecule has 0 spiro atoms. The number of phenols is 1. The van der Waals surface area contributed by atoms with Crippen molar-refractivity contribution in [3.8, 4) is 5.75 Å². The lowest BCUT2D eigenvalue weighted by molar-refractivity contribution is -0.141. The number of rotatable bonds is 4. The molecule has 5 heteroatoms. The van der Waals surface area contributed by atoms with Gasteiger partial charge in [-0.3, -0.25) is 4.79 Å². The van der Waals surface area contributed by atoms with Crippen LogP contribution in [0.5, 0.6) is 5.75 Å². The Morgan fingerprint density at radius 1 is 1.29 bits per heavy atom. The highest BCUT2D eigenvalue weighted by atomic mass is 16.3. The Morgan fingerprint density at radius 3 is 2.43 bits per heavy atom. The number of hydrogen-bond donors (Lipinski definition) is 2. The highest BCUT2D eigenvalue weighted by molar-refractivity contribution is 5.83. The van der Waals surface area contributed by atoms with Crippen molar-refractivity contribution >= 4 is 11.6 Å². The van der Waals surface area contributed by atoms with Crippen LogP contribution in [0.2, 0.25) is 0 Å². The molecule has 1 unspecified atom stereocenters. The maximum absolute atomic E-state index is 12.6. The Kier molecular flexibility index (Phi) is 4.73. The van der Waals surface area contributed by atoms with Gasteiger partial charge in [0.1, 0.15) is 5.75 Å². The van der Waals surface area contributed by atoms with Crippen LogP contribution in [0, 0.1) is 5.41 Å². The summed E-state index contributed by atoms with van der Waals surface area (Å²) in [6.07, 6.45) is 0.752. The van der Waals surface area contributed by atoms with Crippen LogP contribution in [0.1, 0.15) is 20.3 Å². The van der Waals surface area contributed by atoms with E-state index in [1.807, 2.05) is 36.9 Å². The van der Waals surface area contributed by atoms with Gasteiger partial charge in [0.2, 0.25) is 5.91 Å². The van der Waals surface area contributed by atoms with E-state index in [0.29, 0.717) is 19.6 Å². The van der Waals surface area contributed by atoms with E-state index in [4.69, 9.17) is 5.73 Å².